The van der Waals surface area contributed by atoms with Crippen LogP contribution in [0.25, 0.3) is 0 Å². The predicted molar refractivity (Wildman–Crippen MR) is 76.0 cm³/mol. The average Bonchev–Trinajstić information content (AvgIpc) is 2.89. The van der Waals surface area contributed by atoms with Gasteiger partial charge < -0.3 is 9.47 Å². The Labute approximate surface area is 114 Å². The fraction of sp³-hybridized carbons (Fsp3) is 0.294. The van der Waals surface area contributed by atoms with E-state index < -0.39 is 0 Å². The molecule has 2 aromatic carbocycles. The molecule has 0 spiro atoms. The topological polar surface area (TPSA) is 18.5 Å². The van der Waals surface area contributed by atoms with Crippen molar-refractivity contribution >= 4 is 0 Å². The molecule has 2 nitrogen and oxygen atoms in total. The molecule has 2 aromatic rings. The highest BCUT2D eigenvalue weighted by molar-refractivity contribution is 5.40. The van der Waals surface area contributed by atoms with Gasteiger partial charge in [0, 0.05) is 5.56 Å². The summed E-state index contributed by atoms with van der Waals surface area (Å²) in [5.41, 5.74) is 2.52. The number of benzene rings is 2. The molecule has 1 atom stereocenters. The van der Waals surface area contributed by atoms with Crippen molar-refractivity contribution in [2.75, 3.05) is 13.2 Å². The van der Waals surface area contributed by atoms with E-state index in [0.717, 1.165) is 17.9 Å². The van der Waals surface area contributed by atoms with E-state index in [4.69, 9.17) is 9.47 Å². The first-order valence-electron chi connectivity index (χ1n) is 6.81. The molecule has 0 bridgehead atoms. The molecule has 98 valence electrons. The zero-order valence-corrected chi connectivity index (χ0v) is 11.1. The summed E-state index contributed by atoms with van der Waals surface area (Å²) < 4.78 is 11.7. The highest BCUT2D eigenvalue weighted by atomic mass is 16.5. The summed E-state index contributed by atoms with van der Waals surface area (Å²) in [6, 6.07) is 16.5. The molecular formula is C17H18O2. The number of fused-ring (bicyclic) bond motifs is 1. The standard InChI is InChI=1S/C17H18O2/c1-2-13-7-3-5-9-16(13)18-11-14-12-19-17-10-6-4-8-15(14)17/h3-10,14H,2,11-12H2,1H3. The van der Waals surface area contributed by atoms with Gasteiger partial charge in [-0.1, -0.05) is 43.3 Å². The van der Waals surface area contributed by atoms with Crippen LogP contribution in [0, 0.1) is 0 Å². The van der Waals surface area contributed by atoms with Gasteiger partial charge in [0.05, 0.1) is 19.1 Å². The summed E-state index contributed by atoms with van der Waals surface area (Å²) in [5.74, 6) is 2.33. The van der Waals surface area contributed by atoms with Gasteiger partial charge in [-0.25, -0.2) is 0 Å². The average molecular weight is 254 g/mol. The van der Waals surface area contributed by atoms with Gasteiger partial charge in [-0.2, -0.15) is 0 Å². The molecule has 0 aliphatic carbocycles. The second-order valence-corrected chi connectivity index (χ2v) is 4.82. The van der Waals surface area contributed by atoms with Crippen LogP contribution < -0.4 is 9.47 Å². The second kappa shape index (κ2) is 5.35. The van der Waals surface area contributed by atoms with Crippen molar-refractivity contribution in [1.82, 2.24) is 0 Å². The van der Waals surface area contributed by atoms with Crippen molar-refractivity contribution in [3.8, 4) is 11.5 Å². The Bertz CT molecular complexity index is 563. The quantitative estimate of drug-likeness (QED) is 0.826. The van der Waals surface area contributed by atoms with Gasteiger partial charge in [0.25, 0.3) is 0 Å². The molecular weight excluding hydrogens is 236 g/mol. The van der Waals surface area contributed by atoms with Gasteiger partial charge in [-0.05, 0) is 24.1 Å². The van der Waals surface area contributed by atoms with Crippen molar-refractivity contribution in [2.45, 2.75) is 19.3 Å². The van der Waals surface area contributed by atoms with Crippen LogP contribution >= 0.6 is 0 Å². The van der Waals surface area contributed by atoms with Crippen LogP contribution in [-0.4, -0.2) is 13.2 Å². The van der Waals surface area contributed by atoms with Crippen LogP contribution in [0.3, 0.4) is 0 Å². The lowest BCUT2D eigenvalue weighted by Crippen LogP contribution is -2.12. The first-order chi connectivity index (χ1) is 9.38. The van der Waals surface area contributed by atoms with Gasteiger partial charge in [-0.3, -0.25) is 0 Å². The Morgan fingerprint density at radius 1 is 1.11 bits per heavy atom. The minimum atomic E-state index is 0.334. The molecule has 0 saturated carbocycles. The van der Waals surface area contributed by atoms with Crippen molar-refractivity contribution < 1.29 is 9.47 Å². The maximum absolute atomic E-state index is 5.99. The Kier molecular flexibility index (Phi) is 3.41. The van der Waals surface area contributed by atoms with E-state index in [-0.39, 0.29) is 0 Å². The molecule has 1 unspecified atom stereocenters. The summed E-state index contributed by atoms with van der Waals surface area (Å²) >= 11 is 0. The Morgan fingerprint density at radius 3 is 2.79 bits per heavy atom. The number of aryl methyl sites for hydroxylation is 1. The first kappa shape index (κ1) is 12.1. The normalized spacial score (nSPS) is 16.8. The molecule has 0 saturated heterocycles. The summed E-state index contributed by atoms with van der Waals surface area (Å²) in [5, 5.41) is 0. The number of para-hydroxylation sites is 2. The van der Waals surface area contributed by atoms with Crippen molar-refractivity contribution in [2.24, 2.45) is 0 Å². The summed E-state index contributed by atoms with van der Waals surface area (Å²) in [6.07, 6.45) is 0.994. The zero-order chi connectivity index (χ0) is 13.1. The monoisotopic (exact) mass is 254 g/mol. The van der Waals surface area contributed by atoms with E-state index in [1.807, 2.05) is 24.3 Å². The molecule has 0 radical (unpaired) electrons. The Balaban J connectivity index is 1.71. The number of ether oxygens (including phenoxy) is 2. The molecule has 0 amide bonds. The fourth-order valence-electron chi connectivity index (χ4n) is 2.49. The Hall–Kier alpha value is -1.96. The smallest absolute Gasteiger partial charge is 0.123 e. The maximum Gasteiger partial charge on any atom is 0.123 e. The van der Waals surface area contributed by atoms with Crippen LogP contribution in [0.4, 0.5) is 0 Å². The minimum Gasteiger partial charge on any atom is -0.493 e. The van der Waals surface area contributed by atoms with Crippen molar-refractivity contribution in [1.29, 1.82) is 0 Å². The van der Waals surface area contributed by atoms with E-state index >= 15 is 0 Å². The maximum atomic E-state index is 5.99. The lowest BCUT2D eigenvalue weighted by atomic mass is 10.0. The minimum absolute atomic E-state index is 0.334. The number of rotatable bonds is 4. The summed E-state index contributed by atoms with van der Waals surface area (Å²) in [4.78, 5) is 0. The molecule has 3 rings (SSSR count). The highest BCUT2D eigenvalue weighted by Gasteiger charge is 2.24. The third-order valence-electron chi connectivity index (χ3n) is 3.59. The Morgan fingerprint density at radius 2 is 1.89 bits per heavy atom. The van der Waals surface area contributed by atoms with Crippen LogP contribution in [0.15, 0.2) is 48.5 Å². The van der Waals surface area contributed by atoms with Gasteiger partial charge in [-0.15, -0.1) is 0 Å². The number of hydrogen-bond donors (Lipinski definition) is 0. The summed E-state index contributed by atoms with van der Waals surface area (Å²) in [7, 11) is 0. The molecule has 0 N–H and O–H groups in total. The molecule has 1 aliphatic rings. The van der Waals surface area contributed by atoms with Crippen LogP contribution in [-0.2, 0) is 6.42 Å². The van der Waals surface area contributed by atoms with Crippen molar-refractivity contribution in [3.63, 3.8) is 0 Å². The summed E-state index contributed by atoms with van der Waals surface area (Å²) in [6.45, 7) is 3.54. The van der Waals surface area contributed by atoms with E-state index in [2.05, 4.69) is 31.2 Å². The largest absolute Gasteiger partial charge is 0.493 e. The van der Waals surface area contributed by atoms with Gasteiger partial charge in [0.2, 0.25) is 0 Å². The van der Waals surface area contributed by atoms with E-state index in [9.17, 15) is 0 Å². The molecule has 19 heavy (non-hydrogen) atoms. The van der Waals surface area contributed by atoms with E-state index in [0.29, 0.717) is 19.1 Å². The van der Waals surface area contributed by atoms with Gasteiger partial charge in [0.15, 0.2) is 0 Å². The van der Waals surface area contributed by atoms with Crippen molar-refractivity contribution in [3.05, 3.63) is 59.7 Å². The third kappa shape index (κ3) is 2.43. The van der Waals surface area contributed by atoms with E-state index in [1.54, 1.807) is 0 Å². The molecule has 2 heteroatoms. The van der Waals surface area contributed by atoms with Crippen LogP contribution in [0.1, 0.15) is 24.0 Å². The lowest BCUT2D eigenvalue weighted by Gasteiger charge is -2.13. The van der Waals surface area contributed by atoms with Crippen LogP contribution in [0.5, 0.6) is 11.5 Å². The molecule has 0 aromatic heterocycles. The van der Waals surface area contributed by atoms with Crippen LogP contribution in [0.2, 0.25) is 0 Å². The SMILES string of the molecule is CCc1ccccc1OCC1COc2ccccc21. The zero-order valence-electron chi connectivity index (χ0n) is 11.1. The molecule has 1 heterocycles. The van der Waals surface area contributed by atoms with Gasteiger partial charge in [0.1, 0.15) is 11.5 Å². The highest BCUT2D eigenvalue weighted by Crippen LogP contribution is 2.34. The molecule has 1 aliphatic heterocycles. The first-order valence-corrected chi connectivity index (χ1v) is 6.81. The fourth-order valence-corrected chi connectivity index (χ4v) is 2.49. The number of hydrogen-bond acceptors (Lipinski definition) is 2. The third-order valence-corrected chi connectivity index (χ3v) is 3.59. The second-order valence-electron chi connectivity index (χ2n) is 4.82. The van der Waals surface area contributed by atoms with E-state index in [1.165, 1.54) is 11.1 Å². The predicted octanol–water partition coefficient (Wildman–Crippen LogP) is 3.80. The molecule has 0 fully saturated rings. The van der Waals surface area contributed by atoms with Gasteiger partial charge >= 0.3 is 0 Å². The lowest BCUT2D eigenvalue weighted by molar-refractivity contribution is 0.247.